The van der Waals surface area contributed by atoms with E-state index in [1.54, 1.807) is 25.1 Å². The highest BCUT2D eigenvalue weighted by Gasteiger charge is 2.26. The van der Waals surface area contributed by atoms with Gasteiger partial charge >= 0.3 is 5.97 Å². The third-order valence-electron chi connectivity index (χ3n) is 4.68. The van der Waals surface area contributed by atoms with Gasteiger partial charge in [-0.25, -0.2) is 4.79 Å². The third-order valence-corrected chi connectivity index (χ3v) is 4.68. The summed E-state index contributed by atoms with van der Waals surface area (Å²) in [5.41, 5.74) is 0.280. The normalized spacial score (nSPS) is 21.1. The molecule has 1 aliphatic rings. The zero-order chi connectivity index (χ0) is 18.4. The monoisotopic (exact) mass is 349 g/mol. The second kappa shape index (κ2) is 8.74. The molecule has 1 aromatic carbocycles. The molecule has 25 heavy (non-hydrogen) atoms. The molecule has 1 N–H and O–H groups in total. The minimum absolute atomic E-state index is 0.152. The maximum absolute atomic E-state index is 12.3. The van der Waals surface area contributed by atoms with Gasteiger partial charge in [-0.05, 0) is 37.8 Å². The summed E-state index contributed by atoms with van der Waals surface area (Å²) >= 11 is 0. The molecule has 138 valence electrons. The zero-order valence-corrected chi connectivity index (χ0v) is 15.3. The molecule has 0 bridgehead atoms. The van der Waals surface area contributed by atoms with Crippen LogP contribution in [0.25, 0.3) is 0 Å². The number of hydrogen-bond acceptors (Lipinski definition) is 5. The van der Waals surface area contributed by atoms with Crippen LogP contribution in [0.4, 0.5) is 0 Å². The summed E-state index contributed by atoms with van der Waals surface area (Å²) in [4.78, 5) is 24.7. The molecule has 1 saturated carbocycles. The Labute approximate surface area is 148 Å². The average molecular weight is 349 g/mol. The molecule has 0 saturated heterocycles. The molecule has 1 aromatic rings. The number of esters is 1. The zero-order valence-electron chi connectivity index (χ0n) is 15.3. The molecule has 6 heteroatoms. The van der Waals surface area contributed by atoms with E-state index in [4.69, 9.17) is 14.2 Å². The number of benzene rings is 1. The van der Waals surface area contributed by atoms with Crippen LogP contribution >= 0.6 is 0 Å². The van der Waals surface area contributed by atoms with Crippen molar-refractivity contribution in [1.82, 2.24) is 5.32 Å². The van der Waals surface area contributed by atoms with Gasteiger partial charge in [0.05, 0.1) is 19.8 Å². The van der Waals surface area contributed by atoms with Gasteiger partial charge < -0.3 is 19.5 Å². The first-order valence-electron chi connectivity index (χ1n) is 8.69. The topological polar surface area (TPSA) is 73.9 Å². The Balaban J connectivity index is 1.98. The Morgan fingerprint density at radius 3 is 2.24 bits per heavy atom. The maximum Gasteiger partial charge on any atom is 0.339 e. The Morgan fingerprint density at radius 1 is 1.08 bits per heavy atom. The SMILES string of the molecule is COc1cc(OC)cc(C(=O)O[C@H](C)C(=O)N[C@@H]2CCCC[C@@H]2C)c1. The number of hydrogen-bond donors (Lipinski definition) is 1. The second-order valence-electron chi connectivity index (χ2n) is 6.53. The van der Waals surface area contributed by atoms with Crippen LogP contribution in [0.1, 0.15) is 49.9 Å². The lowest BCUT2D eigenvalue weighted by Crippen LogP contribution is -2.45. The van der Waals surface area contributed by atoms with Crippen LogP contribution in [0.5, 0.6) is 11.5 Å². The largest absolute Gasteiger partial charge is 0.497 e. The summed E-state index contributed by atoms with van der Waals surface area (Å²) < 4.78 is 15.6. The van der Waals surface area contributed by atoms with Crippen LogP contribution in [-0.2, 0) is 9.53 Å². The number of nitrogens with one attached hydrogen (secondary N) is 1. The number of ether oxygens (including phenoxy) is 3. The van der Waals surface area contributed by atoms with Gasteiger partial charge in [0.2, 0.25) is 0 Å². The van der Waals surface area contributed by atoms with Crippen LogP contribution in [-0.4, -0.2) is 38.2 Å². The predicted octanol–water partition coefficient (Wildman–Crippen LogP) is 2.94. The van der Waals surface area contributed by atoms with Crippen molar-refractivity contribution in [3.05, 3.63) is 23.8 Å². The minimum atomic E-state index is -0.862. The molecule has 6 nitrogen and oxygen atoms in total. The molecular weight excluding hydrogens is 322 g/mol. The Bertz CT molecular complexity index is 594. The van der Waals surface area contributed by atoms with Crippen LogP contribution < -0.4 is 14.8 Å². The van der Waals surface area contributed by atoms with Gasteiger partial charge in [-0.15, -0.1) is 0 Å². The van der Waals surface area contributed by atoms with Crippen LogP contribution in [0.15, 0.2) is 18.2 Å². The highest BCUT2D eigenvalue weighted by atomic mass is 16.5. The summed E-state index contributed by atoms with van der Waals surface area (Å²) in [6.45, 7) is 3.72. The smallest absolute Gasteiger partial charge is 0.339 e. The number of rotatable bonds is 6. The molecule has 1 aliphatic carbocycles. The Hall–Kier alpha value is -2.24. The molecule has 0 aliphatic heterocycles. The van der Waals surface area contributed by atoms with Crippen molar-refractivity contribution in [3.8, 4) is 11.5 Å². The number of amides is 1. The lowest BCUT2D eigenvalue weighted by Gasteiger charge is -2.30. The molecular formula is C19H27NO5. The second-order valence-corrected chi connectivity index (χ2v) is 6.53. The van der Waals surface area contributed by atoms with Crippen molar-refractivity contribution >= 4 is 11.9 Å². The van der Waals surface area contributed by atoms with Gasteiger partial charge in [0.15, 0.2) is 6.10 Å². The Kier molecular flexibility index (Phi) is 6.67. The molecule has 2 rings (SSSR count). The summed E-state index contributed by atoms with van der Waals surface area (Å²) in [6, 6.07) is 4.92. The van der Waals surface area contributed by atoms with Crippen molar-refractivity contribution in [2.24, 2.45) is 5.92 Å². The predicted molar refractivity (Wildman–Crippen MR) is 94.0 cm³/mol. The fourth-order valence-electron chi connectivity index (χ4n) is 3.04. The van der Waals surface area contributed by atoms with Crippen molar-refractivity contribution < 1.29 is 23.8 Å². The molecule has 0 radical (unpaired) electrons. The molecule has 0 unspecified atom stereocenters. The van der Waals surface area contributed by atoms with E-state index >= 15 is 0 Å². The van der Waals surface area contributed by atoms with E-state index in [9.17, 15) is 9.59 Å². The van der Waals surface area contributed by atoms with Crippen LogP contribution in [0.2, 0.25) is 0 Å². The first-order chi connectivity index (χ1) is 11.9. The van der Waals surface area contributed by atoms with E-state index in [-0.39, 0.29) is 17.5 Å². The van der Waals surface area contributed by atoms with Gasteiger partial charge in [-0.1, -0.05) is 19.8 Å². The van der Waals surface area contributed by atoms with Crippen molar-refractivity contribution in [2.75, 3.05) is 14.2 Å². The summed E-state index contributed by atoms with van der Waals surface area (Å²) in [5.74, 6) is 0.570. The maximum atomic E-state index is 12.3. The van der Waals surface area contributed by atoms with Crippen molar-refractivity contribution in [2.45, 2.75) is 51.7 Å². The quantitative estimate of drug-likeness (QED) is 0.799. The summed E-state index contributed by atoms with van der Waals surface area (Å²) in [7, 11) is 3.01. The lowest BCUT2D eigenvalue weighted by molar-refractivity contribution is -0.130. The minimum Gasteiger partial charge on any atom is -0.497 e. The highest BCUT2D eigenvalue weighted by molar-refractivity contribution is 5.93. The van der Waals surface area contributed by atoms with Gasteiger partial charge in [0, 0.05) is 12.1 Å². The molecule has 1 fully saturated rings. The first kappa shape index (κ1) is 19.1. The van der Waals surface area contributed by atoms with Crippen LogP contribution in [0.3, 0.4) is 0 Å². The van der Waals surface area contributed by atoms with E-state index in [1.807, 2.05) is 0 Å². The van der Waals surface area contributed by atoms with Gasteiger partial charge in [0.1, 0.15) is 11.5 Å². The average Bonchev–Trinajstić information content (AvgIpc) is 2.62. The lowest BCUT2D eigenvalue weighted by atomic mass is 9.86. The third kappa shape index (κ3) is 5.11. The summed E-state index contributed by atoms with van der Waals surface area (Å²) in [6.07, 6.45) is 3.55. The fourth-order valence-corrected chi connectivity index (χ4v) is 3.04. The standard InChI is InChI=1S/C19H27NO5/c1-12-7-5-6-8-17(12)20-18(21)13(2)25-19(22)14-9-15(23-3)11-16(10-14)24-4/h9-13,17H,5-8H2,1-4H3,(H,20,21)/t12-,13+,17+/m0/s1. The Morgan fingerprint density at radius 2 is 1.68 bits per heavy atom. The van der Waals surface area contributed by atoms with Crippen molar-refractivity contribution in [1.29, 1.82) is 0 Å². The molecule has 0 spiro atoms. The van der Waals surface area contributed by atoms with E-state index in [0.717, 1.165) is 19.3 Å². The molecule has 3 atom stereocenters. The van der Waals surface area contributed by atoms with E-state index in [1.165, 1.54) is 20.6 Å². The number of methoxy groups -OCH3 is 2. The summed E-state index contributed by atoms with van der Waals surface area (Å²) in [5, 5.41) is 3.00. The van der Waals surface area contributed by atoms with E-state index in [2.05, 4.69) is 12.2 Å². The molecule has 1 amide bonds. The van der Waals surface area contributed by atoms with Gasteiger partial charge in [-0.2, -0.15) is 0 Å². The molecule has 0 heterocycles. The van der Waals surface area contributed by atoms with E-state index in [0.29, 0.717) is 17.4 Å². The van der Waals surface area contributed by atoms with Crippen LogP contribution in [0, 0.1) is 5.92 Å². The van der Waals surface area contributed by atoms with Gasteiger partial charge in [-0.3, -0.25) is 4.79 Å². The fraction of sp³-hybridized carbons (Fsp3) is 0.579. The van der Waals surface area contributed by atoms with Gasteiger partial charge in [0.25, 0.3) is 5.91 Å². The van der Waals surface area contributed by atoms with Crippen molar-refractivity contribution in [3.63, 3.8) is 0 Å². The molecule has 0 aromatic heterocycles. The number of carbonyl (C=O) groups is 2. The highest BCUT2D eigenvalue weighted by Crippen LogP contribution is 2.25. The van der Waals surface area contributed by atoms with E-state index < -0.39 is 12.1 Å². The number of carbonyl (C=O) groups excluding carboxylic acids is 2. The first-order valence-corrected chi connectivity index (χ1v) is 8.69.